The van der Waals surface area contributed by atoms with Crippen molar-refractivity contribution in [2.75, 3.05) is 19.8 Å². The standard InChI is InChI=1S/C15H27FO5/c1-4-6-8-18-10-12-14(19-9-7-5-2)13(16)15(21-12)20-11(3)17/h12-15H,4-10H2,1-3H3/t12-,13+,14?,15-/m1/s1. The predicted octanol–water partition coefficient (Wildman–Crippen LogP) is 2.61. The van der Waals surface area contributed by atoms with E-state index in [1.165, 1.54) is 6.92 Å². The van der Waals surface area contributed by atoms with Crippen LogP contribution in [0.4, 0.5) is 4.39 Å². The summed E-state index contributed by atoms with van der Waals surface area (Å²) in [6.45, 7) is 6.65. The summed E-state index contributed by atoms with van der Waals surface area (Å²) in [7, 11) is 0. The molecule has 0 spiro atoms. The maximum Gasteiger partial charge on any atom is 0.305 e. The van der Waals surface area contributed by atoms with Gasteiger partial charge in [0.05, 0.1) is 6.61 Å². The van der Waals surface area contributed by atoms with Gasteiger partial charge in [0.15, 0.2) is 6.17 Å². The molecule has 1 fully saturated rings. The van der Waals surface area contributed by atoms with Gasteiger partial charge in [-0.3, -0.25) is 4.79 Å². The second-order valence-corrected chi connectivity index (χ2v) is 5.21. The Morgan fingerprint density at radius 2 is 1.86 bits per heavy atom. The minimum absolute atomic E-state index is 0.245. The van der Waals surface area contributed by atoms with E-state index in [4.69, 9.17) is 18.9 Å². The SMILES string of the molecule is CCCCOC[C@H]1O[C@@H](OC(C)=O)[C@@H](F)C1OCCCC. The Bertz CT molecular complexity index is 300. The number of hydrogen-bond donors (Lipinski definition) is 0. The van der Waals surface area contributed by atoms with E-state index in [1.807, 2.05) is 6.92 Å². The maximum atomic E-state index is 14.3. The number of unbranched alkanes of at least 4 members (excludes halogenated alkanes) is 2. The number of rotatable bonds is 10. The Hall–Kier alpha value is -0.720. The molecule has 1 aliphatic heterocycles. The lowest BCUT2D eigenvalue weighted by Crippen LogP contribution is -2.35. The summed E-state index contributed by atoms with van der Waals surface area (Å²) in [5, 5.41) is 0. The Morgan fingerprint density at radius 1 is 1.19 bits per heavy atom. The number of halogens is 1. The Balaban J connectivity index is 2.51. The third-order valence-electron chi connectivity index (χ3n) is 3.26. The highest BCUT2D eigenvalue weighted by Gasteiger charge is 2.47. The van der Waals surface area contributed by atoms with Crippen LogP contribution in [-0.4, -0.2) is 50.5 Å². The van der Waals surface area contributed by atoms with Crippen molar-refractivity contribution >= 4 is 5.97 Å². The van der Waals surface area contributed by atoms with Crippen LogP contribution in [0, 0.1) is 0 Å². The molecule has 1 unspecified atom stereocenters. The van der Waals surface area contributed by atoms with Crippen molar-refractivity contribution < 1.29 is 28.1 Å². The van der Waals surface area contributed by atoms with Crippen LogP contribution in [0.2, 0.25) is 0 Å². The van der Waals surface area contributed by atoms with Crippen LogP contribution < -0.4 is 0 Å². The fourth-order valence-electron chi connectivity index (χ4n) is 2.08. The number of alkyl halides is 1. The second kappa shape index (κ2) is 10.1. The Kier molecular flexibility index (Phi) is 8.80. The quantitative estimate of drug-likeness (QED) is 0.459. The molecular weight excluding hydrogens is 279 g/mol. The number of ether oxygens (including phenoxy) is 4. The van der Waals surface area contributed by atoms with Crippen LogP contribution in [-0.2, 0) is 23.7 Å². The van der Waals surface area contributed by atoms with Gasteiger partial charge in [-0.15, -0.1) is 0 Å². The molecule has 21 heavy (non-hydrogen) atoms. The minimum atomic E-state index is -1.48. The average Bonchev–Trinajstić information content (AvgIpc) is 2.72. The van der Waals surface area contributed by atoms with Crippen LogP contribution in [0.3, 0.4) is 0 Å². The van der Waals surface area contributed by atoms with Crippen molar-refractivity contribution in [3.05, 3.63) is 0 Å². The van der Waals surface area contributed by atoms with E-state index in [9.17, 15) is 9.18 Å². The highest BCUT2D eigenvalue weighted by atomic mass is 19.1. The van der Waals surface area contributed by atoms with Crippen LogP contribution in [0.5, 0.6) is 0 Å². The van der Waals surface area contributed by atoms with Crippen LogP contribution in [0.25, 0.3) is 0 Å². The number of esters is 1. The van der Waals surface area contributed by atoms with Gasteiger partial charge in [0.1, 0.15) is 12.2 Å². The predicted molar refractivity (Wildman–Crippen MR) is 75.7 cm³/mol. The van der Waals surface area contributed by atoms with Crippen molar-refractivity contribution in [1.82, 2.24) is 0 Å². The monoisotopic (exact) mass is 306 g/mol. The smallest absolute Gasteiger partial charge is 0.305 e. The van der Waals surface area contributed by atoms with Gasteiger partial charge in [0.2, 0.25) is 6.29 Å². The summed E-state index contributed by atoms with van der Waals surface area (Å²) >= 11 is 0. The van der Waals surface area contributed by atoms with Crippen molar-refractivity contribution in [2.24, 2.45) is 0 Å². The first kappa shape index (κ1) is 18.3. The van der Waals surface area contributed by atoms with Crippen molar-refractivity contribution in [2.45, 2.75) is 71.1 Å². The topological polar surface area (TPSA) is 54.0 Å². The van der Waals surface area contributed by atoms with Gasteiger partial charge in [0.25, 0.3) is 0 Å². The molecule has 0 radical (unpaired) electrons. The molecule has 1 aliphatic rings. The number of carbonyl (C=O) groups excluding carboxylic acids is 1. The first-order valence-corrected chi connectivity index (χ1v) is 7.76. The summed E-state index contributed by atoms with van der Waals surface area (Å²) < 4.78 is 35.6. The summed E-state index contributed by atoms with van der Waals surface area (Å²) in [6, 6.07) is 0. The maximum absolute atomic E-state index is 14.3. The summed E-state index contributed by atoms with van der Waals surface area (Å²) in [6.07, 6.45) is -0.176. The van der Waals surface area contributed by atoms with Crippen molar-refractivity contribution in [1.29, 1.82) is 0 Å². The molecule has 6 heteroatoms. The van der Waals surface area contributed by atoms with Crippen molar-refractivity contribution in [3.63, 3.8) is 0 Å². The first-order chi connectivity index (χ1) is 10.1. The highest BCUT2D eigenvalue weighted by molar-refractivity contribution is 5.66. The van der Waals surface area contributed by atoms with Gasteiger partial charge in [-0.1, -0.05) is 26.7 Å². The molecule has 1 saturated heterocycles. The van der Waals surface area contributed by atoms with Crippen molar-refractivity contribution in [3.8, 4) is 0 Å². The van der Waals surface area contributed by atoms with E-state index in [2.05, 4.69) is 6.92 Å². The molecule has 0 amide bonds. The van der Waals surface area contributed by atoms with Gasteiger partial charge in [0, 0.05) is 20.1 Å². The van der Waals surface area contributed by atoms with E-state index in [0.29, 0.717) is 13.2 Å². The van der Waals surface area contributed by atoms with E-state index < -0.39 is 30.6 Å². The molecule has 1 rings (SSSR count). The molecule has 0 bridgehead atoms. The average molecular weight is 306 g/mol. The minimum Gasteiger partial charge on any atom is -0.433 e. The zero-order chi connectivity index (χ0) is 15.7. The Labute approximate surface area is 126 Å². The van der Waals surface area contributed by atoms with Gasteiger partial charge in [-0.2, -0.15) is 0 Å². The fraction of sp³-hybridized carbons (Fsp3) is 0.933. The zero-order valence-electron chi connectivity index (χ0n) is 13.2. The molecule has 1 heterocycles. The molecule has 4 atom stereocenters. The van der Waals surface area contributed by atoms with Gasteiger partial charge in [-0.05, 0) is 12.8 Å². The second-order valence-electron chi connectivity index (χ2n) is 5.21. The van der Waals surface area contributed by atoms with E-state index in [-0.39, 0.29) is 6.61 Å². The molecule has 0 N–H and O–H groups in total. The van der Waals surface area contributed by atoms with Crippen LogP contribution in [0.1, 0.15) is 46.5 Å². The van der Waals surface area contributed by atoms with E-state index >= 15 is 0 Å². The largest absolute Gasteiger partial charge is 0.433 e. The summed E-state index contributed by atoms with van der Waals surface area (Å²) in [5.74, 6) is -0.567. The zero-order valence-corrected chi connectivity index (χ0v) is 13.2. The molecule has 0 aromatic rings. The van der Waals surface area contributed by atoms with Gasteiger partial charge in [-0.25, -0.2) is 4.39 Å². The molecule has 5 nitrogen and oxygen atoms in total. The lowest BCUT2D eigenvalue weighted by atomic mass is 10.1. The van der Waals surface area contributed by atoms with E-state index in [0.717, 1.165) is 25.7 Å². The summed E-state index contributed by atoms with van der Waals surface area (Å²) in [4.78, 5) is 11.0. The van der Waals surface area contributed by atoms with Crippen LogP contribution in [0.15, 0.2) is 0 Å². The van der Waals surface area contributed by atoms with Crippen LogP contribution >= 0.6 is 0 Å². The molecule has 0 saturated carbocycles. The highest BCUT2D eigenvalue weighted by Crippen LogP contribution is 2.28. The molecule has 0 aromatic heterocycles. The third-order valence-corrected chi connectivity index (χ3v) is 3.26. The number of hydrogen-bond acceptors (Lipinski definition) is 5. The van der Waals surface area contributed by atoms with Gasteiger partial charge < -0.3 is 18.9 Å². The lowest BCUT2D eigenvalue weighted by Gasteiger charge is -2.19. The number of carbonyl (C=O) groups is 1. The van der Waals surface area contributed by atoms with E-state index in [1.54, 1.807) is 0 Å². The molecule has 0 aromatic carbocycles. The molecular formula is C15H27FO5. The normalized spacial score (nSPS) is 28.8. The third kappa shape index (κ3) is 6.28. The lowest BCUT2D eigenvalue weighted by molar-refractivity contribution is -0.183. The van der Waals surface area contributed by atoms with Gasteiger partial charge >= 0.3 is 5.97 Å². The fourth-order valence-corrected chi connectivity index (χ4v) is 2.08. The Morgan fingerprint density at radius 3 is 2.48 bits per heavy atom. The molecule has 0 aliphatic carbocycles. The molecule has 124 valence electrons. The summed E-state index contributed by atoms with van der Waals surface area (Å²) in [5.41, 5.74) is 0. The first-order valence-electron chi connectivity index (χ1n) is 7.76.